The first kappa shape index (κ1) is 15.3. The Hall–Kier alpha value is -1.14. The molecule has 1 aliphatic carbocycles. The number of esters is 1. The van der Waals surface area contributed by atoms with Crippen LogP contribution in [0.15, 0.2) is 0 Å². The summed E-state index contributed by atoms with van der Waals surface area (Å²) in [6, 6.07) is 0.255. The van der Waals surface area contributed by atoms with Crippen LogP contribution in [0.4, 0.5) is 0 Å². The van der Waals surface area contributed by atoms with E-state index in [-0.39, 0.29) is 36.4 Å². The highest BCUT2D eigenvalue weighted by atomic mass is 16.5. The van der Waals surface area contributed by atoms with E-state index in [1.54, 1.807) is 11.8 Å². The number of nitrogens with zero attached hydrogens (tertiary/aromatic N) is 1. The van der Waals surface area contributed by atoms with Crippen LogP contribution in [0, 0.1) is 5.92 Å². The molecular weight excluding hydrogens is 260 g/mol. The molecule has 0 spiro atoms. The highest BCUT2D eigenvalue weighted by Gasteiger charge is 2.41. The summed E-state index contributed by atoms with van der Waals surface area (Å²) >= 11 is 0. The second-order valence-corrected chi connectivity index (χ2v) is 5.31. The van der Waals surface area contributed by atoms with E-state index in [4.69, 9.17) is 9.47 Å². The number of likely N-dealkylation sites (N-methyl/N-ethyl adjacent to an activating group) is 1. The minimum atomic E-state index is -0.327. The number of hydrogen-bond acceptors (Lipinski definition) is 5. The average Bonchev–Trinajstić information content (AvgIpc) is 3.16. The molecule has 1 saturated heterocycles. The van der Waals surface area contributed by atoms with Gasteiger partial charge in [0.05, 0.1) is 25.7 Å². The third-order valence-electron chi connectivity index (χ3n) is 3.74. The Kier molecular flexibility index (Phi) is 5.37. The fraction of sp³-hybridized carbons (Fsp3) is 0.857. The van der Waals surface area contributed by atoms with Crippen LogP contribution in [0.3, 0.4) is 0 Å². The highest BCUT2D eigenvalue weighted by molar-refractivity contribution is 5.85. The van der Waals surface area contributed by atoms with E-state index in [0.717, 1.165) is 19.4 Å². The van der Waals surface area contributed by atoms with Crippen LogP contribution in [-0.4, -0.2) is 61.8 Å². The van der Waals surface area contributed by atoms with Crippen LogP contribution in [0.25, 0.3) is 0 Å². The first-order valence-electron chi connectivity index (χ1n) is 7.44. The molecule has 1 heterocycles. The fourth-order valence-electron chi connectivity index (χ4n) is 2.59. The lowest BCUT2D eigenvalue weighted by molar-refractivity contribution is -0.151. The molecule has 20 heavy (non-hydrogen) atoms. The summed E-state index contributed by atoms with van der Waals surface area (Å²) in [4.78, 5) is 26.0. The Morgan fingerprint density at radius 1 is 1.30 bits per heavy atom. The summed E-state index contributed by atoms with van der Waals surface area (Å²) in [6.07, 6.45) is 1.95. The lowest BCUT2D eigenvalue weighted by Crippen LogP contribution is -2.48. The summed E-state index contributed by atoms with van der Waals surface area (Å²) in [5.74, 6) is -0.499. The smallest absolute Gasteiger partial charge is 0.325 e. The Bertz CT molecular complexity index is 357. The Morgan fingerprint density at radius 2 is 2.05 bits per heavy atom. The van der Waals surface area contributed by atoms with Gasteiger partial charge in [-0.3, -0.25) is 9.59 Å². The predicted molar refractivity (Wildman–Crippen MR) is 73.1 cm³/mol. The summed E-state index contributed by atoms with van der Waals surface area (Å²) in [5, 5.41) is 3.28. The minimum Gasteiger partial charge on any atom is -0.465 e. The van der Waals surface area contributed by atoms with Crippen LogP contribution in [0.5, 0.6) is 0 Å². The van der Waals surface area contributed by atoms with Gasteiger partial charge in [0.25, 0.3) is 0 Å². The van der Waals surface area contributed by atoms with Crippen molar-refractivity contribution in [3.8, 4) is 0 Å². The first-order valence-corrected chi connectivity index (χ1v) is 7.44. The molecule has 1 saturated carbocycles. The first-order chi connectivity index (χ1) is 9.67. The van der Waals surface area contributed by atoms with Crippen LogP contribution < -0.4 is 5.32 Å². The van der Waals surface area contributed by atoms with Gasteiger partial charge in [0.2, 0.25) is 5.91 Å². The van der Waals surface area contributed by atoms with E-state index < -0.39 is 0 Å². The Labute approximate surface area is 119 Å². The molecule has 0 aromatic carbocycles. The molecule has 0 radical (unpaired) electrons. The summed E-state index contributed by atoms with van der Waals surface area (Å²) in [7, 11) is 0. The van der Waals surface area contributed by atoms with Crippen LogP contribution in [0.1, 0.15) is 26.7 Å². The molecule has 2 aliphatic rings. The molecule has 2 rings (SSSR count). The van der Waals surface area contributed by atoms with E-state index in [9.17, 15) is 9.59 Å². The van der Waals surface area contributed by atoms with Crippen molar-refractivity contribution < 1.29 is 19.1 Å². The van der Waals surface area contributed by atoms with Crippen LogP contribution >= 0.6 is 0 Å². The van der Waals surface area contributed by atoms with E-state index in [1.165, 1.54) is 0 Å². The quantitative estimate of drug-likeness (QED) is 0.675. The van der Waals surface area contributed by atoms with Gasteiger partial charge < -0.3 is 19.7 Å². The summed E-state index contributed by atoms with van der Waals surface area (Å²) in [5.41, 5.74) is 0. The number of rotatable bonds is 7. The van der Waals surface area contributed by atoms with Gasteiger partial charge in [-0.25, -0.2) is 0 Å². The molecular formula is C14H24N2O4. The maximum atomic E-state index is 12.7. The zero-order valence-electron chi connectivity index (χ0n) is 12.3. The number of ether oxygens (including phenoxy) is 2. The molecule has 0 bridgehead atoms. The molecule has 0 aromatic heterocycles. The molecule has 114 valence electrons. The summed E-state index contributed by atoms with van der Waals surface area (Å²) in [6.45, 7) is 5.99. The van der Waals surface area contributed by atoms with Crippen LogP contribution in [-0.2, 0) is 19.1 Å². The second-order valence-electron chi connectivity index (χ2n) is 5.31. The maximum absolute atomic E-state index is 12.7. The van der Waals surface area contributed by atoms with Crippen molar-refractivity contribution in [3.05, 3.63) is 0 Å². The minimum absolute atomic E-state index is 0.0176. The Morgan fingerprint density at radius 3 is 2.65 bits per heavy atom. The van der Waals surface area contributed by atoms with E-state index in [2.05, 4.69) is 5.32 Å². The van der Waals surface area contributed by atoms with E-state index in [0.29, 0.717) is 19.8 Å². The van der Waals surface area contributed by atoms with Gasteiger partial charge in [-0.2, -0.15) is 0 Å². The van der Waals surface area contributed by atoms with Crippen LogP contribution in [0.2, 0.25) is 0 Å². The monoisotopic (exact) mass is 284 g/mol. The molecule has 6 heteroatoms. The van der Waals surface area contributed by atoms with Gasteiger partial charge in [0.15, 0.2) is 0 Å². The van der Waals surface area contributed by atoms with Gasteiger partial charge in [0.1, 0.15) is 6.54 Å². The number of carbonyl (C=O) groups is 2. The van der Waals surface area contributed by atoms with Gasteiger partial charge >= 0.3 is 5.97 Å². The maximum Gasteiger partial charge on any atom is 0.325 e. The lowest BCUT2D eigenvalue weighted by atomic mass is 10.0. The van der Waals surface area contributed by atoms with Crippen molar-refractivity contribution in [1.29, 1.82) is 0 Å². The molecule has 1 N–H and O–H groups in total. The van der Waals surface area contributed by atoms with E-state index >= 15 is 0 Å². The number of hydrogen-bond donors (Lipinski definition) is 1. The number of amides is 1. The van der Waals surface area contributed by atoms with Crippen molar-refractivity contribution in [2.24, 2.45) is 5.92 Å². The predicted octanol–water partition coefficient (Wildman–Crippen LogP) is 0.165. The highest BCUT2D eigenvalue weighted by Crippen LogP contribution is 2.29. The normalized spacial score (nSPS) is 25.5. The molecule has 2 atom stereocenters. The molecule has 2 unspecified atom stereocenters. The number of carbonyl (C=O) groups excluding carboxylic acids is 2. The molecule has 1 aliphatic heterocycles. The van der Waals surface area contributed by atoms with E-state index in [1.807, 2.05) is 6.92 Å². The fourth-order valence-corrected chi connectivity index (χ4v) is 2.59. The standard InChI is InChI=1S/C14H24N2O4/c1-3-15-12-9-19-8-11(12)14(18)16(10-5-6-10)7-13(17)20-4-2/h10-12,15H,3-9H2,1-2H3. The van der Waals surface area contributed by atoms with Crippen molar-refractivity contribution in [2.75, 3.05) is 32.9 Å². The number of nitrogens with one attached hydrogen (secondary N) is 1. The second kappa shape index (κ2) is 7.04. The zero-order chi connectivity index (χ0) is 14.5. The van der Waals surface area contributed by atoms with Gasteiger partial charge in [-0.05, 0) is 26.3 Å². The zero-order valence-corrected chi connectivity index (χ0v) is 12.3. The third kappa shape index (κ3) is 3.70. The van der Waals surface area contributed by atoms with Gasteiger partial charge in [-0.1, -0.05) is 6.92 Å². The molecule has 0 aromatic rings. The van der Waals surface area contributed by atoms with Gasteiger partial charge in [-0.15, -0.1) is 0 Å². The molecule has 6 nitrogen and oxygen atoms in total. The SMILES string of the molecule is CCNC1COCC1C(=O)N(CC(=O)OCC)C1CC1. The van der Waals surface area contributed by atoms with Crippen molar-refractivity contribution in [1.82, 2.24) is 10.2 Å². The van der Waals surface area contributed by atoms with Crippen molar-refractivity contribution in [2.45, 2.75) is 38.8 Å². The Balaban J connectivity index is 1.97. The summed E-state index contributed by atoms with van der Waals surface area (Å²) < 4.78 is 10.4. The average molecular weight is 284 g/mol. The third-order valence-corrected chi connectivity index (χ3v) is 3.74. The molecule has 2 fully saturated rings. The van der Waals surface area contributed by atoms with Crippen molar-refractivity contribution in [3.63, 3.8) is 0 Å². The molecule has 1 amide bonds. The van der Waals surface area contributed by atoms with Crippen molar-refractivity contribution >= 4 is 11.9 Å². The largest absolute Gasteiger partial charge is 0.465 e. The lowest BCUT2D eigenvalue weighted by Gasteiger charge is -2.27. The van der Waals surface area contributed by atoms with Gasteiger partial charge in [0, 0.05) is 12.1 Å². The topological polar surface area (TPSA) is 67.9 Å².